The molecule has 5 heteroatoms. The third-order valence-corrected chi connectivity index (χ3v) is 3.13. The molecule has 19 heavy (non-hydrogen) atoms. The number of aromatic nitrogens is 2. The first kappa shape index (κ1) is 13.6. The van der Waals surface area contributed by atoms with E-state index in [0.717, 1.165) is 23.7 Å². The summed E-state index contributed by atoms with van der Waals surface area (Å²) in [6.45, 7) is 0.201. The Morgan fingerprint density at radius 1 is 1.32 bits per heavy atom. The lowest BCUT2D eigenvalue weighted by molar-refractivity contribution is -0.141. The molecule has 2 rings (SSSR count). The summed E-state index contributed by atoms with van der Waals surface area (Å²) in [6, 6.07) is 7.74. The van der Waals surface area contributed by atoms with Crippen molar-refractivity contribution in [3.05, 3.63) is 53.1 Å². The van der Waals surface area contributed by atoms with Gasteiger partial charge in [-0.3, -0.25) is 4.79 Å². The van der Waals surface area contributed by atoms with Crippen molar-refractivity contribution < 1.29 is 9.53 Å². The molecule has 0 radical (unpaired) electrons. The third kappa shape index (κ3) is 3.83. The minimum absolute atomic E-state index is 0.201. The average Bonchev–Trinajstić information content (AvgIpc) is 2.85. The van der Waals surface area contributed by atoms with E-state index in [4.69, 9.17) is 11.6 Å². The summed E-state index contributed by atoms with van der Waals surface area (Å²) in [6.07, 6.45) is 5.11. The van der Waals surface area contributed by atoms with Gasteiger partial charge in [0.25, 0.3) is 0 Å². The van der Waals surface area contributed by atoms with Gasteiger partial charge in [0.2, 0.25) is 0 Å². The fourth-order valence-corrected chi connectivity index (χ4v) is 1.95. The van der Waals surface area contributed by atoms with Crippen molar-refractivity contribution in [2.45, 2.75) is 19.4 Å². The number of halogens is 1. The normalized spacial score (nSPS) is 10.4. The highest BCUT2D eigenvalue weighted by Gasteiger charge is 2.07. The zero-order chi connectivity index (χ0) is 13.7. The molecule has 2 aromatic rings. The molecule has 0 amide bonds. The van der Waals surface area contributed by atoms with Gasteiger partial charge in [-0.2, -0.15) is 0 Å². The van der Waals surface area contributed by atoms with Crippen LogP contribution in [0.25, 0.3) is 0 Å². The first-order valence-electron chi connectivity index (χ1n) is 6.00. The maximum atomic E-state index is 11.3. The molecule has 0 aliphatic carbocycles. The van der Waals surface area contributed by atoms with Crippen LogP contribution in [0, 0.1) is 0 Å². The molecule has 1 heterocycles. The summed E-state index contributed by atoms with van der Waals surface area (Å²) >= 11 is 5.84. The quantitative estimate of drug-likeness (QED) is 0.790. The average molecular weight is 279 g/mol. The Bertz CT molecular complexity index is 549. The molecule has 0 spiro atoms. The van der Waals surface area contributed by atoms with Crippen LogP contribution in [0.1, 0.15) is 11.4 Å². The Balaban J connectivity index is 1.98. The van der Waals surface area contributed by atoms with E-state index < -0.39 is 0 Å². The van der Waals surface area contributed by atoms with Crippen LogP contribution in [-0.4, -0.2) is 22.6 Å². The number of methoxy groups -OCH3 is 1. The van der Waals surface area contributed by atoms with Gasteiger partial charge in [0, 0.05) is 23.8 Å². The number of hydrogen-bond acceptors (Lipinski definition) is 3. The predicted molar refractivity (Wildman–Crippen MR) is 73.1 cm³/mol. The molecule has 1 aromatic heterocycles. The Hall–Kier alpha value is -1.81. The fraction of sp³-hybridized carbons (Fsp3) is 0.286. The summed E-state index contributed by atoms with van der Waals surface area (Å²) < 4.78 is 6.46. The Labute approximate surface area is 117 Å². The van der Waals surface area contributed by atoms with Crippen LogP contribution in [0.15, 0.2) is 36.7 Å². The van der Waals surface area contributed by atoms with E-state index in [1.807, 2.05) is 28.8 Å². The van der Waals surface area contributed by atoms with Gasteiger partial charge in [-0.1, -0.05) is 23.7 Å². The largest absolute Gasteiger partial charge is 0.468 e. The van der Waals surface area contributed by atoms with Gasteiger partial charge in [0.15, 0.2) is 0 Å². The standard InChI is InChI=1S/C14H15ClN2O2/c1-19-14(18)10-17-9-8-16-13(17)7-4-11-2-5-12(15)6-3-11/h2-3,5-6,8-9H,4,7,10H2,1H3. The number of carbonyl (C=O) groups is 1. The zero-order valence-corrected chi connectivity index (χ0v) is 11.4. The number of benzene rings is 1. The minimum atomic E-state index is -0.272. The maximum Gasteiger partial charge on any atom is 0.325 e. The number of esters is 1. The molecule has 0 atom stereocenters. The first-order valence-corrected chi connectivity index (χ1v) is 6.38. The smallest absolute Gasteiger partial charge is 0.325 e. The van der Waals surface area contributed by atoms with Gasteiger partial charge in [-0.05, 0) is 24.1 Å². The van der Waals surface area contributed by atoms with Crippen molar-refractivity contribution >= 4 is 17.6 Å². The second-order valence-corrected chi connectivity index (χ2v) is 4.61. The molecule has 0 saturated carbocycles. The summed E-state index contributed by atoms with van der Waals surface area (Å²) in [5, 5.41) is 0.732. The molecule has 0 saturated heterocycles. The molecule has 0 aliphatic heterocycles. The van der Waals surface area contributed by atoms with Crippen molar-refractivity contribution in [2.75, 3.05) is 7.11 Å². The third-order valence-electron chi connectivity index (χ3n) is 2.88. The lowest BCUT2D eigenvalue weighted by Gasteiger charge is -2.06. The van der Waals surface area contributed by atoms with Crippen LogP contribution < -0.4 is 0 Å². The van der Waals surface area contributed by atoms with Crippen LogP contribution in [-0.2, 0) is 28.9 Å². The van der Waals surface area contributed by atoms with Crippen molar-refractivity contribution in [2.24, 2.45) is 0 Å². The van der Waals surface area contributed by atoms with E-state index in [1.54, 1.807) is 12.4 Å². The first-order chi connectivity index (χ1) is 9.19. The van der Waals surface area contributed by atoms with E-state index in [0.29, 0.717) is 0 Å². The van der Waals surface area contributed by atoms with E-state index in [9.17, 15) is 4.79 Å². The molecule has 100 valence electrons. The van der Waals surface area contributed by atoms with Crippen LogP contribution >= 0.6 is 11.6 Å². The molecule has 1 aromatic carbocycles. The van der Waals surface area contributed by atoms with Gasteiger partial charge >= 0.3 is 5.97 Å². The Morgan fingerprint density at radius 2 is 2.05 bits per heavy atom. The lowest BCUT2D eigenvalue weighted by atomic mass is 10.1. The zero-order valence-electron chi connectivity index (χ0n) is 10.7. The number of carbonyl (C=O) groups excluding carboxylic acids is 1. The monoisotopic (exact) mass is 278 g/mol. The van der Waals surface area contributed by atoms with Crippen molar-refractivity contribution in [3.8, 4) is 0 Å². The second kappa shape index (κ2) is 6.38. The second-order valence-electron chi connectivity index (χ2n) is 4.17. The number of hydrogen-bond donors (Lipinski definition) is 0. The van der Waals surface area contributed by atoms with E-state index in [-0.39, 0.29) is 12.5 Å². The summed E-state index contributed by atoms with van der Waals surface area (Å²) in [7, 11) is 1.38. The maximum absolute atomic E-state index is 11.3. The molecular formula is C14H15ClN2O2. The van der Waals surface area contributed by atoms with Gasteiger partial charge < -0.3 is 9.30 Å². The number of ether oxygens (including phenoxy) is 1. The van der Waals surface area contributed by atoms with Crippen molar-refractivity contribution in [1.29, 1.82) is 0 Å². The predicted octanol–water partition coefficient (Wildman–Crippen LogP) is 2.49. The van der Waals surface area contributed by atoms with E-state index in [2.05, 4.69) is 9.72 Å². The minimum Gasteiger partial charge on any atom is -0.468 e. The van der Waals surface area contributed by atoms with E-state index in [1.165, 1.54) is 12.7 Å². The summed E-state index contributed by atoms with van der Waals surface area (Å²) in [5.41, 5.74) is 1.19. The molecule has 0 bridgehead atoms. The molecule has 4 nitrogen and oxygen atoms in total. The van der Waals surface area contributed by atoms with Gasteiger partial charge in [0.05, 0.1) is 7.11 Å². The van der Waals surface area contributed by atoms with Crippen LogP contribution in [0.5, 0.6) is 0 Å². The van der Waals surface area contributed by atoms with Crippen molar-refractivity contribution in [1.82, 2.24) is 9.55 Å². The van der Waals surface area contributed by atoms with Crippen LogP contribution in [0.4, 0.5) is 0 Å². The Kier molecular flexibility index (Phi) is 4.58. The molecule has 0 N–H and O–H groups in total. The van der Waals surface area contributed by atoms with Gasteiger partial charge in [0.1, 0.15) is 12.4 Å². The number of aryl methyl sites for hydroxylation is 2. The Morgan fingerprint density at radius 3 is 2.74 bits per heavy atom. The SMILES string of the molecule is COC(=O)Cn1ccnc1CCc1ccc(Cl)cc1. The number of imidazole rings is 1. The highest BCUT2D eigenvalue weighted by Crippen LogP contribution is 2.11. The molecule has 0 unspecified atom stereocenters. The van der Waals surface area contributed by atoms with Gasteiger partial charge in [-0.25, -0.2) is 4.98 Å². The molecule has 0 fully saturated rings. The molecular weight excluding hydrogens is 264 g/mol. The number of rotatable bonds is 5. The van der Waals surface area contributed by atoms with Gasteiger partial charge in [-0.15, -0.1) is 0 Å². The number of nitrogens with zero attached hydrogens (tertiary/aromatic N) is 2. The molecule has 0 aliphatic rings. The topological polar surface area (TPSA) is 44.1 Å². The lowest BCUT2D eigenvalue weighted by Crippen LogP contribution is -2.13. The van der Waals surface area contributed by atoms with Crippen molar-refractivity contribution in [3.63, 3.8) is 0 Å². The summed E-state index contributed by atoms with van der Waals surface area (Å²) in [4.78, 5) is 15.5. The highest BCUT2D eigenvalue weighted by molar-refractivity contribution is 6.30. The van der Waals surface area contributed by atoms with Crippen LogP contribution in [0.2, 0.25) is 5.02 Å². The van der Waals surface area contributed by atoms with Crippen LogP contribution in [0.3, 0.4) is 0 Å². The summed E-state index contributed by atoms with van der Waals surface area (Å²) in [5.74, 6) is 0.603. The van der Waals surface area contributed by atoms with E-state index >= 15 is 0 Å². The fourth-order valence-electron chi connectivity index (χ4n) is 1.82. The highest BCUT2D eigenvalue weighted by atomic mass is 35.5.